The van der Waals surface area contributed by atoms with Crippen LogP contribution in [0.15, 0.2) is 121 Å². The largest absolute Gasteiger partial charge is 0.494 e. The molecule has 0 atom stereocenters. The van der Waals surface area contributed by atoms with Crippen LogP contribution in [0, 0.1) is 0 Å². The Hall–Kier alpha value is -7.44. The number of hydrogen-bond donors (Lipinski definition) is 5. The zero-order valence-corrected chi connectivity index (χ0v) is 40.7. The van der Waals surface area contributed by atoms with Crippen LogP contribution >= 0.6 is 0 Å². The van der Waals surface area contributed by atoms with E-state index in [0.29, 0.717) is 46.1 Å². The fraction of sp³-hybridized carbons (Fsp3) is 0.267. The molecule has 9 rings (SSSR count). The van der Waals surface area contributed by atoms with Crippen molar-refractivity contribution in [2.75, 3.05) is 46.1 Å². The molecule has 3 aromatic heterocycles. The summed E-state index contributed by atoms with van der Waals surface area (Å²) in [5.74, 6) is 3.10. The number of nitrogens with one attached hydrogen (secondary N) is 2. The van der Waals surface area contributed by atoms with Gasteiger partial charge in [-0.1, -0.05) is 100 Å². The van der Waals surface area contributed by atoms with Gasteiger partial charge in [-0.2, -0.15) is 0 Å². The molecule has 0 fully saturated rings. The fourth-order valence-corrected chi connectivity index (χ4v) is 9.25. The minimum absolute atomic E-state index is 0.426. The highest BCUT2D eigenvalue weighted by Gasteiger charge is 2.20. The zero-order valence-electron chi connectivity index (χ0n) is 40.7. The smallest absolute Gasteiger partial charge is 0.119 e. The number of ether oxygens (including phenoxy) is 4. The van der Waals surface area contributed by atoms with Gasteiger partial charge in [0.25, 0.3) is 0 Å². The molecule has 0 unspecified atom stereocenters. The van der Waals surface area contributed by atoms with Crippen LogP contribution in [-0.4, -0.2) is 66.0 Å². The van der Waals surface area contributed by atoms with E-state index in [0.717, 1.165) is 119 Å². The van der Waals surface area contributed by atoms with E-state index in [1.165, 1.54) is 44.9 Å². The van der Waals surface area contributed by atoms with Crippen LogP contribution in [0.4, 0.5) is 0 Å². The first-order valence-corrected chi connectivity index (χ1v) is 25.2. The summed E-state index contributed by atoms with van der Waals surface area (Å²) in [6.45, 7) is 5.54. The summed E-state index contributed by atoms with van der Waals surface area (Å²) in [7, 11) is 0. The molecule has 364 valence electrons. The van der Waals surface area contributed by atoms with Crippen molar-refractivity contribution < 1.29 is 18.9 Å². The number of fused-ring (bicyclic) bond motifs is 8. The Morgan fingerprint density at radius 2 is 0.634 bits per heavy atom. The molecule has 2 aliphatic heterocycles. The summed E-state index contributed by atoms with van der Waals surface area (Å²) < 4.78 is 24.0. The lowest BCUT2D eigenvalue weighted by atomic mass is 10.0. The molecular formula is C60H65N7O4. The van der Waals surface area contributed by atoms with Crippen LogP contribution in [0.25, 0.3) is 90.9 Å². The first-order chi connectivity index (χ1) is 35.0. The van der Waals surface area contributed by atoms with Crippen LogP contribution in [0.3, 0.4) is 0 Å². The number of aromatic amines is 2. The molecule has 5 heterocycles. The van der Waals surface area contributed by atoms with Crippen LogP contribution in [0.1, 0.15) is 81.1 Å². The maximum Gasteiger partial charge on any atom is 0.119 e. The summed E-state index contributed by atoms with van der Waals surface area (Å²) in [5, 5.41) is 0. The highest BCUT2D eigenvalue weighted by molar-refractivity contribution is 6.00. The van der Waals surface area contributed by atoms with Gasteiger partial charge in [0.2, 0.25) is 0 Å². The number of unbranched alkanes of at least 4 members (excludes halogenated alkanes) is 7. The maximum atomic E-state index is 6.29. The quantitative estimate of drug-likeness (QED) is 0.0391. The van der Waals surface area contributed by atoms with Crippen molar-refractivity contribution in [2.45, 2.75) is 58.3 Å². The van der Waals surface area contributed by atoms with E-state index in [9.17, 15) is 0 Å². The molecule has 8 N–H and O–H groups in total. The molecule has 0 amide bonds. The van der Waals surface area contributed by atoms with Crippen LogP contribution < -0.4 is 36.1 Å². The minimum atomic E-state index is 0.426. The normalized spacial score (nSPS) is 11.8. The van der Waals surface area contributed by atoms with Gasteiger partial charge >= 0.3 is 0 Å². The van der Waals surface area contributed by atoms with E-state index < -0.39 is 0 Å². The number of rotatable bonds is 23. The van der Waals surface area contributed by atoms with Gasteiger partial charge in [-0.3, -0.25) is 0 Å². The van der Waals surface area contributed by atoms with Crippen molar-refractivity contribution >= 4 is 46.4 Å². The van der Waals surface area contributed by atoms with Crippen molar-refractivity contribution in [1.82, 2.24) is 19.9 Å². The second kappa shape index (κ2) is 23.9. The summed E-state index contributed by atoms with van der Waals surface area (Å²) >= 11 is 0. The number of nitrogens with two attached hydrogens (primary N) is 3. The first kappa shape index (κ1) is 48.6. The maximum absolute atomic E-state index is 6.29. The third-order valence-electron chi connectivity index (χ3n) is 12.8. The number of H-pyrrole nitrogens is 2. The molecular weight excluding hydrogens is 883 g/mol. The molecule has 0 saturated carbocycles. The average molecular weight is 948 g/mol. The van der Waals surface area contributed by atoms with Gasteiger partial charge in [-0.25, -0.2) is 9.97 Å². The van der Waals surface area contributed by atoms with Crippen molar-refractivity contribution in [3.8, 4) is 67.5 Å². The molecule has 0 aliphatic carbocycles. The monoisotopic (exact) mass is 948 g/mol. The lowest BCUT2D eigenvalue weighted by Gasteiger charge is -2.10. The predicted octanol–water partition coefficient (Wildman–Crippen LogP) is 12.9. The van der Waals surface area contributed by atoms with Gasteiger partial charge < -0.3 is 46.1 Å². The van der Waals surface area contributed by atoms with E-state index in [2.05, 4.69) is 126 Å². The Labute approximate surface area is 416 Å². The molecule has 71 heavy (non-hydrogen) atoms. The predicted molar refractivity (Wildman–Crippen MR) is 292 cm³/mol. The number of nitrogens with zero attached hydrogens (tertiary/aromatic N) is 2. The van der Waals surface area contributed by atoms with Gasteiger partial charge in [0.15, 0.2) is 0 Å². The number of hydrogen-bond acceptors (Lipinski definition) is 9. The molecule has 2 aliphatic rings. The lowest BCUT2D eigenvalue weighted by Crippen LogP contribution is -2.10. The van der Waals surface area contributed by atoms with Gasteiger partial charge in [0.1, 0.15) is 42.8 Å². The molecule has 0 radical (unpaired) electrons. The Kier molecular flexibility index (Phi) is 16.4. The minimum Gasteiger partial charge on any atom is -0.494 e. The fourth-order valence-electron chi connectivity index (χ4n) is 9.25. The van der Waals surface area contributed by atoms with Crippen LogP contribution in [-0.2, 0) is 0 Å². The van der Waals surface area contributed by atoms with E-state index in [-0.39, 0.29) is 0 Å². The topological polar surface area (TPSA) is 172 Å². The van der Waals surface area contributed by atoms with E-state index in [1.54, 1.807) is 0 Å². The van der Waals surface area contributed by atoms with Gasteiger partial charge in [0, 0.05) is 64.0 Å². The Morgan fingerprint density at radius 3 is 1.00 bits per heavy atom. The van der Waals surface area contributed by atoms with Gasteiger partial charge in [0.05, 0.1) is 29.4 Å². The number of aromatic nitrogens is 4. The molecule has 8 bridgehead atoms. The standard InChI is InChI=1S/C60H65N7O4/c1-2-3-4-5-6-7-8-9-37-68-45-18-10-41(11-19-45)57-49-26-28-51(64-49)58(42-12-20-46(21-13-42)69-38-34-61)53-30-32-55(66-53)60(44-16-24-48(25-17-44)71-40-36-63)56-33-31-54(67-56)59(52-29-27-50(57)65-52)43-14-22-47(23-15-43)70-39-35-62/h10-33,64-65H,2-9,34-40,61-63H2,1H3. The summed E-state index contributed by atoms with van der Waals surface area (Å²) in [4.78, 5) is 18.6. The second-order valence-electron chi connectivity index (χ2n) is 17.8. The van der Waals surface area contributed by atoms with Crippen molar-refractivity contribution in [2.24, 2.45) is 17.2 Å². The van der Waals surface area contributed by atoms with E-state index >= 15 is 0 Å². The SMILES string of the molecule is CCCCCCCCCCOc1ccc(-c2c3ccc([nH]3)c(-c3ccc(OCCN)cc3)c3nc(c(-c4ccc(OCCN)cc4)c4nc(c(-c5ccc(OCCN)cc5)c5ccc2[nH]5)C=C4)C=C3)cc1. The zero-order chi connectivity index (χ0) is 48.8. The lowest BCUT2D eigenvalue weighted by molar-refractivity contribution is 0.304. The van der Waals surface area contributed by atoms with Gasteiger partial charge in [-0.05, 0) is 126 Å². The average Bonchev–Trinajstić information content (AvgIpc) is 4.27. The summed E-state index contributed by atoms with van der Waals surface area (Å²) in [6, 6.07) is 41.3. The molecule has 0 spiro atoms. The van der Waals surface area contributed by atoms with Crippen LogP contribution in [0.5, 0.6) is 23.0 Å². The second-order valence-corrected chi connectivity index (χ2v) is 17.8. The number of benzene rings is 4. The molecule has 7 aromatic rings. The Balaban J connectivity index is 1.23. The molecule has 4 aromatic carbocycles. The Bertz CT molecular complexity index is 2950. The van der Waals surface area contributed by atoms with Crippen molar-refractivity contribution in [1.29, 1.82) is 0 Å². The summed E-state index contributed by atoms with van der Waals surface area (Å²) in [5.41, 5.74) is 31.8. The van der Waals surface area contributed by atoms with Gasteiger partial charge in [-0.15, -0.1) is 0 Å². The molecule has 11 nitrogen and oxygen atoms in total. The molecule has 0 saturated heterocycles. The van der Waals surface area contributed by atoms with Crippen molar-refractivity contribution in [3.05, 3.63) is 144 Å². The third-order valence-corrected chi connectivity index (χ3v) is 12.8. The molecule has 11 heteroatoms. The van der Waals surface area contributed by atoms with Crippen molar-refractivity contribution in [3.63, 3.8) is 0 Å². The Morgan fingerprint density at radius 1 is 0.338 bits per heavy atom. The van der Waals surface area contributed by atoms with E-state index in [4.69, 9.17) is 46.1 Å². The highest BCUT2D eigenvalue weighted by Crippen LogP contribution is 2.39. The van der Waals surface area contributed by atoms with Crippen LogP contribution in [0.2, 0.25) is 0 Å². The summed E-state index contributed by atoms with van der Waals surface area (Å²) in [6.07, 6.45) is 18.4. The van der Waals surface area contributed by atoms with E-state index in [1.807, 2.05) is 36.4 Å². The first-order valence-electron chi connectivity index (χ1n) is 25.2. The third kappa shape index (κ3) is 11.8. The highest BCUT2D eigenvalue weighted by atomic mass is 16.5.